The summed E-state index contributed by atoms with van der Waals surface area (Å²) in [6.45, 7) is 1.68. The average molecular weight is 385 g/mol. The molecule has 0 spiro atoms. The largest absolute Gasteiger partial charge is 0.435 e. The minimum Gasteiger partial charge on any atom is -0.435 e. The minimum absolute atomic E-state index is 0.0824. The Labute approximate surface area is 161 Å². The third-order valence-electron chi connectivity index (χ3n) is 4.39. The number of hydrogen-bond acceptors (Lipinski definition) is 3. The van der Waals surface area contributed by atoms with Crippen molar-refractivity contribution in [1.82, 2.24) is 15.1 Å². The first kappa shape index (κ1) is 19.5. The first-order valence-corrected chi connectivity index (χ1v) is 8.84. The van der Waals surface area contributed by atoms with Crippen molar-refractivity contribution in [1.29, 1.82) is 0 Å². The number of nitrogens with zero attached hydrogens (tertiary/aromatic N) is 2. The predicted molar refractivity (Wildman–Crippen MR) is 101 cm³/mol. The number of carbonyl (C=O) groups excluding carboxylic acids is 1. The summed E-state index contributed by atoms with van der Waals surface area (Å²) in [4.78, 5) is 12.6. The number of alkyl halides is 2. The molecule has 5 nitrogen and oxygen atoms in total. The Kier molecular flexibility index (Phi) is 6.03. The van der Waals surface area contributed by atoms with Crippen LogP contribution in [-0.2, 0) is 13.1 Å². The molecule has 0 unspecified atom stereocenters. The molecule has 0 atom stereocenters. The van der Waals surface area contributed by atoms with Crippen LogP contribution in [0.2, 0.25) is 0 Å². The second-order valence-electron chi connectivity index (χ2n) is 6.39. The third-order valence-corrected chi connectivity index (χ3v) is 4.39. The van der Waals surface area contributed by atoms with Gasteiger partial charge in [-0.15, -0.1) is 0 Å². The Balaban J connectivity index is 1.66. The fourth-order valence-corrected chi connectivity index (χ4v) is 3.00. The molecule has 7 heteroatoms. The molecule has 1 amide bonds. The molecule has 0 fully saturated rings. The molecule has 0 radical (unpaired) electrons. The number of hydrogen-bond donors (Lipinski definition) is 1. The molecule has 1 heterocycles. The van der Waals surface area contributed by atoms with Crippen LogP contribution in [0.15, 0.2) is 54.6 Å². The SMILES string of the molecule is Cc1nn(Cc2ccccc2)c(C)c1C(=O)NCc1ccc(OC(F)F)cc1. The van der Waals surface area contributed by atoms with Crippen LogP contribution in [0.25, 0.3) is 0 Å². The number of rotatable bonds is 7. The van der Waals surface area contributed by atoms with E-state index in [0.29, 0.717) is 17.8 Å². The van der Waals surface area contributed by atoms with Crippen LogP contribution >= 0.6 is 0 Å². The lowest BCUT2D eigenvalue weighted by Gasteiger charge is -2.08. The Morgan fingerprint density at radius 2 is 1.75 bits per heavy atom. The fraction of sp³-hybridized carbons (Fsp3) is 0.238. The summed E-state index contributed by atoms with van der Waals surface area (Å²) in [5.41, 5.74) is 3.88. The van der Waals surface area contributed by atoms with Gasteiger partial charge in [0.1, 0.15) is 5.75 Å². The zero-order valence-electron chi connectivity index (χ0n) is 15.7. The summed E-state index contributed by atoms with van der Waals surface area (Å²) >= 11 is 0. The van der Waals surface area contributed by atoms with Gasteiger partial charge in [0.05, 0.1) is 17.8 Å². The summed E-state index contributed by atoms with van der Waals surface area (Å²) in [7, 11) is 0. The average Bonchev–Trinajstić information content (AvgIpc) is 2.94. The molecular formula is C21H21F2N3O2. The second-order valence-corrected chi connectivity index (χ2v) is 6.39. The van der Waals surface area contributed by atoms with Gasteiger partial charge in [-0.2, -0.15) is 13.9 Å². The van der Waals surface area contributed by atoms with E-state index >= 15 is 0 Å². The molecular weight excluding hydrogens is 364 g/mol. The van der Waals surface area contributed by atoms with Gasteiger partial charge in [0.15, 0.2) is 0 Å². The predicted octanol–water partition coefficient (Wildman–Crippen LogP) is 4.08. The van der Waals surface area contributed by atoms with Crippen LogP contribution in [0.1, 0.15) is 32.9 Å². The van der Waals surface area contributed by atoms with Gasteiger partial charge in [-0.1, -0.05) is 42.5 Å². The highest BCUT2D eigenvalue weighted by Gasteiger charge is 2.18. The maximum atomic E-state index is 12.6. The molecule has 0 aliphatic heterocycles. The summed E-state index contributed by atoms with van der Waals surface area (Å²) < 4.78 is 30.5. The number of halogens is 2. The number of benzene rings is 2. The second kappa shape index (κ2) is 8.65. The van der Waals surface area contributed by atoms with Gasteiger partial charge in [0, 0.05) is 12.2 Å². The number of nitrogens with one attached hydrogen (secondary N) is 1. The summed E-state index contributed by atoms with van der Waals surface area (Å²) in [6.07, 6.45) is 0. The molecule has 2 aromatic carbocycles. The maximum absolute atomic E-state index is 12.6. The molecule has 0 bridgehead atoms. The first-order valence-electron chi connectivity index (χ1n) is 8.84. The lowest BCUT2D eigenvalue weighted by atomic mass is 10.1. The summed E-state index contributed by atoms with van der Waals surface area (Å²) in [5, 5.41) is 7.34. The molecule has 0 saturated carbocycles. The highest BCUT2D eigenvalue weighted by Crippen LogP contribution is 2.17. The van der Waals surface area contributed by atoms with E-state index in [9.17, 15) is 13.6 Å². The van der Waals surface area contributed by atoms with Crippen molar-refractivity contribution in [2.45, 2.75) is 33.5 Å². The van der Waals surface area contributed by atoms with E-state index in [1.807, 2.05) is 41.9 Å². The maximum Gasteiger partial charge on any atom is 0.387 e. The van der Waals surface area contributed by atoms with Crippen LogP contribution in [0.5, 0.6) is 5.75 Å². The van der Waals surface area contributed by atoms with Crippen molar-refractivity contribution in [2.24, 2.45) is 0 Å². The third kappa shape index (κ3) is 4.73. The van der Waals surface area contributed by atoms with Crippen LogP contribution in [0.4, 0.5) is 8.78 Å². The van der Waals surface area contributed by atoms with Crippen molar-refractivity contribution in [2.75, 3.05) is 0 Å². The van der Waals surface area contributed by atoms with Crippen LogP contribution in [0.3, 0.4) is 0 Å². The number of carbonyl (C=O) groups is 1. The minimum atomic E-state index is -2.86. The smallest absolute Gasteiger partial charge is 0.387 e. The van der Waals surface area contributed by atoms with Crippen molar-refractivity contribution < 1.29 is 18.3 Å². The number of aryl methyl sites for hydroxylation is 1. The monoisotopic (exact) mass is 385 g/mol. The van der Waals surface area contributed by atoms with Crippen molar-refractivity contribution in [3.05, 3.63) is 82.7 Å². The fourth-order valence-electron chi connectivity index (χ4n) is 3.00. The molecule has 3 aromatic rings. The van der Waals surface area contributed by atoms with Crippen molar-refractivity contribution >= 4 is 5.91 Å². The normalized spacial score (nSPS) is 10.9. The number of ether oxygens (including phenoxy) is 1. The summed E-state index contributed by atoms with van der Waals surface area (Å²) in [5.74, 6) is -0.138. The standard InChI is InChI=1S/C21H21F2N3O2/c1-14-19(15(2)26(25-14)13-17-6-4-3-5-7-17)20(27)24-12-16-8-10-18(11-9-16)28-21(22)23/h3-11,21H,12-13H2,1-2H3,(H,24,27). The molecule has 146 valence electrons. The lowest BCUT2D eigenvalue weighted by molar-refractivity contribution is -0.0498. The van der Waals surface area contributed by atoms with E-state index in [0.717, 1.165) is 16.8 Å². The quantitative estimate of drug-likeness (QED) is 0.667. The Hall–Kier alpha value is -3.22. The topological polar surface area (TPSA) is 56.2 Å². The van der Waals surface area contributed by atoms with Gasteiger partial charge < -0.3 is 10.1 Å². The van der Waals surface area contributed by atoms with E-state index < -0.39 is 6.61 Å². The number of aromatic nitrogens is 2. The highest BCUT2D eigenvalue weighted by molar-refractivity contribution is 5.96. The molecule has 28 heavy (non-hydrogen) atoms. The first-order chi connectivity index (χ1) is 13.4. The molecule has 0 aliphatic carbocycles. The van der Waals surface area contributed by atoms with E-state index in [4.69, 9.17) is 0 Å². The van der Waals surface area contributed by atoms with E-state index in [1.165, 1.54) is 12.1 Å². The van der Waals surface area contributed by atoms with Crippen LogP contribution < -0.4 is 10.1 Å². The van der Waals surface area contributed by atoms with Crippen molar-refractivity contribution in [3.63, 3.8) is 0 Å². The zero-order valence-corrected chi connectivity index (χ0v) is 15.7. The lowest BCUT2D eigenvalue weighted by Crippen LogP contribution is -2.24. The van der Waals surface area contributed by atoms with Gasteiger partial charge in [0.25, 0.3) is 5.91 Å². The van der Waals surface area contributed by atoms with E-state index in [2.05, 4.69) is 15.2 Å². The highest BCUT2D eigenvalue weighted by atomic mass is 19.3. The Morgan fingerprint density at radius 3 is 2.39 bits per heavy atom. The number of amides is 1. The van der Waals surface area contributed by atoms with Gasteiger partial charge >= 0.3 is 6.61 Å². The van der Waals surface area contributed by atoms with E-state index in [1.54, 1.807) is 19.1 Å². The van der Waals surface area contributed by atoms with Crippen LogP contribution in [0, 0.1) is 13.8 Å². The molecule has 0 saturated heterocycles. The van der Waals surface area contributed by atoms with E-state index in [-0.39, 0.29) is 18.2 Å². The van der Waals surface area contributed by atoms with Crippen LogP contribution in [-0.4, -0.2) is 22.3 Å². The Morgan fingerprint density at radius 1 is 1.07 bits per heavy atom. The van der Waals surface area contributed by atoms with Gasteiger partial charge in [-0.25, -0.2) is 0 Å². The van der Waals surface area contributed by atoms with Gasteiger partial charge in [-0.3, -0.25) is 9.48 Å². The van der Waals surface area contributed by atoms with Gasteiger partial charge in [-0.05, 0) is 37.1 Å². The Bertz CT molecular complexity index is 938. The van der Waals surface area contributed by atoms with Gasteiger partial charge in [0.2, 0.25) is 0 Å². The van der Waals surface area contributed by atoms with Crippen molar-refractivity contribution in [3.8, 4) is 5.75 Å². The molecule has 1 N–H and O–H groups in total. The summed E-state index contributed by atoms with van der Waals surface area (Å²) in [6, 6.07) is 16.1. The molecule has 1 aromatic heterocycles. The molecule has 0 aliphatic rings. The zero-order chi connectivity index (χ0) is 20.1. The molecule has 3 rings (SSSR count).